The fraction of sp³-hybridized carbons (Fsp3) is 0.774. The summed E-state index contributed by atoms with van der Waals surface area (Å²) < 4.78 is 12.8. The highest BCUT2D eigenvalue weighted by atomic mass is 16.5. The number of unbranched alkanes of at least 4 members (excludes halogenated alkanes) is 10. The smallest absolute Gasteiger partial charge is 0.323 e. The predicted molar refractivity (Wildman–Crippen MR) is 166 cm³/mol. The summed E-state index contributed by atoms with van der Waals surface area (Å²) in [6, 6.07) is -0.644. The number of nitrogens with one attached hydrogen (secondary N) is 1. The molecule has 0 spiro atoms. The maximum atomic E-state index is 12.5. The number of nitrogen functional groups attached to an aromatic ring is 1. The molecule has 0 saturated carbocycles. The quantitative estimate of drug-likeness (QED) is 0.115. The highest BCUT2D eigenvalue weighted by Gasteiger charge is 2.21. The lowest BCUT2D eigenvalue weighted by molar-refractivity contribution is -0.146. The molecule has 3 unspecified atom stereocenters. The SMILES string of the molecule is CCCCCCCCCCCCCC(=O)OCC(CCCOC(=O)C(N)C(C)CC)Cn1cnc2c(=O)[nH]c(N)nc21. The minimum atomic E-state index is -0.644. The predicted octanol–water partition coefficient (Wildman–Crippen LogP) is 5.26. The van der Waals surface area contributed by atoms with Crippen molar-refractivity contribution >= 4 is 29.1 Å². The summed E-state index contributed by atoms with van der Waals surface area (Å²) in [5.74, 6) is -0.667. The molecule has 0 aliphatic carbocycles. The zero-order valence-electron chi connectivity index (χ0n) is 26.1. The lowest BCUT2D eigenvalue weighted by Gasteiger charge is -2.19. The molecular weight excluding hydrogens is 536 g/mol. The molecule has 11 nitrogen and oxygen atoms in total. The average molecular weight is 591 g/mol. The molecule has 2 heterocycles. The number of anilines is 1. The number of nitrogens with two attached hydrogens (primary N) is 2. The van der Waals surface area contributed by atoms with Gasteiger partial charge in [0.2, 0.25) is 5.95 Å². The molecule has 5 N–H and O–H groups in total. The van der Waals surface area contributed by atoms with Crippen LogP contribution < -0.4 is 17.0 Å². The molecule has 3 atom stereocenters. The van der Waals surface area contributed by atoms with Gasteiger partial charge in [-0.05, 0) is 25.2 Å². The molecule has 0 aromatic carbocycles. The summed E-state index contributed by atoms with van der Waals surface area (Å²) in [6.45, 7) is 6.99. The van der Waals surface area contributed by atoms with E-state index in [1.807, 2.05) is 13.8 Å². The first kappa shape index (κ1) is 35.2. The van der Waals surface area contributed by atoms with Gasteiger partial charge in [0.1, 0.15) is 6.04 Å². The maximum absolute atomic E-state index is 12.5. The van der Waals surface area contributed by atoms with Crippen LogP contribution in [-0.4, -0.2) is 50.7 Å². The number of fused-ring (bicyclic) bond motifs is 1. The number of carbonyl (C=O) groups excluding carboxylic acids is 2. The van der Waals surface area contributed by atoms with E-state index in [0.717, 1.165) is 25.7 Å². The molecule has 238 valence electrons. The first-order valence-corrected chi connectivity index (χ1v) is 16.0. The van der Waals surface area contributed by atoms with Gasteiger partial charge in [0.05, 0.1) is 19.5 Å². The van der Waals surface area contributed by atoms with Gasteiger partial charge in [0.25, 0.3) is 5.56 Å². The molecular formula is C31H54N6O5. The van der Waals surface area contributed by atoms with Gasteiger partial charge < -0.3 is 25.5 Å². The van der Waals surface area contributed by atoms with Gasteiger partial charge in [-0.1, -0.05) is 91.4 Å². The third-order valence-corrected chi connectivity index (χ3v) is 7.94. The lowest BCUT2D eigenvalue weighted by atomic mass is 10.0. The van der Waals surface area contributed by atoms with Crippen LogP contribution in [0.1, 0.15) is 117 Å². The molecule has 0 fully saturated rings. The Morgan fingerprint density at radius 3 is 2.26 bits per heavy atom. The first-order chi connectivity index (χ1) is 20.3. The van der Waals surface area contributed by atoms with Crippen LogP contribution in [0.3, 0.4) is 0 Å². The number of H-pyrrole nitrogens is 1. The Bertz CT molecular complexity index is 1120. The Labute approximate surface area is 250 Å². The molecule has 2 rings (SSSR count). The maximum Gasteiger partial charge on any atom is 0.323 e. The van der Waals surface area contributed by atoms with Crippen molar-refractivity contribution in [2.75, 3.05) is 18.9 Å². The highest BCUT2D eigenvalue weighted by Crippen LogP contribution is 2.17. The standard InChI is InChI=1S/C31H54N6O5/c1-4-6-7-8-9-10-11-12-13-14-15-18-25(38)42-21-24(17-16-19-41-30(40)26(32)23(3)5-2)20-37-22-34-27-28(37)35-31(33)36-29(27)39/h22-24,26H,4-21,32H2,1-3H3,(H3,33,35,36,39). The Morgan fingerprint density at radius 2 is 1.62 bits per heavy atom. The van der Waals surface area contributed by atoms with E-state index in [0.29, 0.717) is 31.5 Å². The van der Waals surface area contributed by atoms with Crippen LogP contribution in [0.4, 0.5) is 5.95 Å². The van der Waals surface area contributed by atoms with Gasteiger partial charge in [-0.15, -0.1) is 0 Å². The Kier molecular flexibility index (Phi) is 16.8. The average Bonchev–Trinajstić information content (AvgIpc) is 3.38. The summed E-state index contributed by atoms with van der Waals surface area (Å²) >= 11 is 0. The molecule has 2 aromatic rings. The zero-order chi connectivity index (χ0) is 30.7. The highest BCUT2D eigenvalue weighted by molar-refractivity contribution is 5.75. The van der Waals surface area contributed by atoms with Crippen molar-refractivity contribution in [1.29, 1.82) is 0 Å². The van der Waals surface area contributed by atoms with Crippen LogP contribution in [0.5, 0.6) is 0 Å². The number of carbonyl (C=O) groups is 2. The van der Waals surface area contributed by atoms with Crippen molar-refractivity contribution in [3.63, 3.8) is 0 Å². The van der Waals surface area contributed by atoms with Crippen molar-refractivity contribution in [1.82, 2.24) is 19.5 Å². The number of ether oxygens (including phenoxy) is 2. The molecule has 11 heteroatoms. The van der Waals surface area contributed by atoms with Gasteiger partial charge in [0.15, 0.2) is 11.2 Å². The van der Waals surface area contributed by atoms with E-state index in [-0.39, 0.29) is 42.5 Å². The van der Waals surface area contributed by atoms with Gasteiger partial charge in [-0.25, -0.2) is 4.98 Å². The number of imidazole rings is 1. The number of esters is 2. The van der Waals surface area contributed by atoms with Crippen LogP contribution in [0.2, 0.25) is 0 Å². The second-order valence-corrected chi connectivity index (χ2v) is 11.6. The first-order valence-electron chi connectivity index (χ1n) is 16.0. The van der Waals surface area contributed by atoms with Gasteiger partial charge >= 0.3 is 11.9 Å². The Balaban J connectivity index is 1.80. The van der Waals surface area contributed by atoms with E-state index in [9.17, 15) is 14.4 Å². The Hall–Kier alpha value is -2.95. The van der Waals surface area contributed by atoms with Crippen molar-refractivity contribution < 1.29 is 19.1 Å². The number of aromatic nitrogens is 4. The molecule has 0 bridgehead atoms. The number of hydrogen-bond acceptors (Lipinski definition) is 9. The molecule has 0 amide bonds. The van der Waals surface area contributed by atoms with Crippen LogP contribution in [0.15, 0.2) is 11.1 Å². The number of aromatic amines is 1. The topological polar surface area (TPSA) is 168 Å². The zero-order valence-corrected chi connectivity index (χ0v) is 26.1. The van der Waals surface area contributed by atoms with Crippen LogP contribution in [0, 0.1) is 11.8 Å². The van der Waals surface area contributed by atoms with E-state index in [1.165, 1.54) is 57.7 Å². The minimum Gasteiger partial charge on any atom is -0.465 e. The monoisotopic (exact) mass is 590 g/mol. The summed E-state index contributed by atoms with van der Waals surface area (Å²) in [5.41, 5.74) is 11.9. The fourth-order valence-electron chi connectivity index (χ4n) is 4.95. The second kappa shape index (κ2) is 20.0. The summed E-state index contributed by atoms with van der Waals surface area (Å²) in [7, 11) is 0. The summed E-state index contributed by atoms with van der Waals surface area (Å²) in [5, 5.41) is 0. The normalized spacial score (nSPS) is 13.6. The van der Waals surface area contributed by atoms with Crippen molar-refractivity contribution in [3.05, 3.63) is 16.7 Å². The third kappa shape index (κ3) is 12.9. The minimum absolute atomic E-state index is 0.00811. The third-order valence-electron chi connectivity index (χ3n) is 7.94. The van der Waals surface area contributed by atoms with Crippen LogP contribution in [0.25, 0.3) is 11.2 Å². The molecule has 2 aromatic heterocycles. The fourth-order valence-corrected chi connectivity index (χ4v) is 4.95. The van der Waals surface area contributed by atoms with Crippen molar-refractivity contribution in [2.45, 2.75) is 130 Å². The van der Waals surface area contributed by atoms with E-state index >= 15 is 0 Å². The Morgan fingerprint density at radius 1 is 0.976 bits per heavy atom. The van der Waals surface area contributed by atoms with E-state index in [4.69, 9.17) is 20.9 Å². The van der Waals surface area contributed by atoms with Crippen molar-refractivity contribution in [2.24, 2.45) is 17.6 Å². The van der Waals surface area contributed by atoms with Gasteiger partial charge in [0, 0.05) is 18.9 Å². The van der Waals surface area contributed by atoms with Crippen molar-refractivity contribution in [3.8, 4) is 0 Å². The largest absolute Gasteiger partial charge is 0.465 e. The van der Waals surface area contributed by atoms with E-state index in [2.05, 4.69) is 21.9 Å². The number of rotatable bonds is 23. The molecule has 0 aliphatic heterocycles. The summed E-state index contributed by atoms with van der Waals surface area (Å²) in [4.78, 5) is 47.8. The number of nitrogens with zero attached hydrogens (tertiary/aromatic N) is 3. The van der Waals surface area contributed by atoms with E-state index < -0.39 is 17.6 Å². The second-order valence-electron chi connectivity index (χ2n) is 11.6. The molecule has 0 radical (unpaired) electrons. The molecule has 0 aliphatic rings. The lowest BCUT2D eigenvalue weighted by Crippen LogP contribution is -2.38. The molecule has 42 heavy (non-hydrogen) atoms. The van der Waals surface area contributed by atoms with Crippen LogP contribution in [-0.2, 0) is 25.6 Å². The van der Waals surface area contributed by atoms with Gasteiger partial charge in [-0.3, -0.25) is 19.4 Å². The van der Waals surface area contributed by atoms with Crippen LogP contribution >= 0.6 is 0 Å². The molecule has 0 saturated heterocycles. The number of hydrogen-bond donors (Lipinski definition) is 3. The van der Waals surface area contributed by atoms with Gasteiger partial charge in [-0.2, -0.15) is 4.98 Å². The van der Waals surface area contributed by atoms with E-state index in [1.54, 1.807) is 4.57 Å². The summed E-state index contributed by atoms with van der Waals surface area (Å²) in [6.07, 6.45) is 17.4.